The minimum absolute atomic E-state index is 0.427. The Kier molecular flexibility index (Phi) is 6.65. The van der Waals surface area contributed by atoms with Crippen molar-refractivity contribution in [2.45, 2.75) is 0 Å². The maximum atomic E-state index is 6.61. The van der Waals surface area contributed by atoms with Gasteiger partial charge in [-0.15, -0.1) is 0 Å². The molecular weight excluding hydrogens is 485 g/mol. The zero-order chi connectivity index (χ0) is 24.5. The number of anilines is 3. The second kappa shape index (κ2) is 9.85. The lowest BCUT2D eigenvalue weighted by molar-refractivity contribution is 0.313. The Hall–Kier alpha value is -3.13. The summed E-state index contributed by atoms with van der Waals surface area (Å²) in [6.45, 7) is 4.26. The lowest BCUT2D eigenvalue weighted by atomic mass is 10.0. The first-order chi connectivity index (χ1) is 17.0. The predicted octanol–water partition coefficient (Wildman–Crippen LogP) is 6.05. The minimum atomic E-state index is 0.427. The van der Waals surface area contributed by atoms with Crippen molar-refractivity contribution >= 4 is 51.3 Å². The average molecular weight is 512 g/mol. The predicted molar refractivity (Wildman–Crippen MR) is 144 cm³/mol. The van der Waals surface area contributed by atoms with Gasteiger partial charge in [-0.3, -0.25) is 5.10 Å². The molecule has 7 nitrogen and oxygen atoms in total. The van der Waals surface area contributed by atoms with Gasteiger partial charge in [-0.1, -0.05) is 29.3 Å². The van der Waals surface area contributed by atoms with Crippen LogP contribution >= 0.6 is 23.2 Å². The fourth-order valence-corrected chi connectivity index (χ4v) is 5.09. The molecule has 5 rings (SSSR count). The number of piperazine rings is 1. The fraction of sp³-hybridized carbons (Fsp3) is 0.269. The molecule has 4 aromatic rings. The quantitative estimate of drug-likeness (QED) is 0.328. The van der Waals surface area contributed by atoms with Crippen LogP contribution in [0.3, 0.4) is 0 Å². The van der Waals surface area contributed by atoms with Crippen molar-refractivity contribution < 1.29 is 9.47 Å². The van der Waals surface area contributed by atoms with Gasteiger partial charge in [0.2, 0.25) is 0 Å². The molecule has 0 bridgehead atoms. The first kappa shape index (κ1) is 23.6. The highest BCUT2D eigenvalue weighted by Gasteiger charge is 2.20. The fourth-order valence-electron chi connectivity index (χ4n) is 4.37. The zero-order valence-electron chi connectivity index (χ0n) is 19.9. The molecule has 2 N–H and O–H groups in total. The van der Waals surface area contributed by atoms with Gasteiger partial charge in [0.15, 0.2) is 5.82 Å². The molecule has 0 saturated carbocycles. The second-order valence-corrected chi connectivity index (χ2v) is 9.33. The molecule has 0 amide bonds. The maximum Gasteiger partial charge on any atom is 0.160 e. The molecule has 182 valence electrons. The number of aromatic nitrogens is 2. The van der Waals surface area contributed by atoms with Gasteiger partial charge in [0.05, 0.1) is 29.8 Å². The van der Waals surface area contributed by atoms with Crippen molar-refractivity contribution in [3.8, 4) is 22.6 Å². The smallest absolute Gasteiger partial charge is 0.160 e. The summed E-state index contributed by atoms with van der Waals surface area (Å²) in [7, 11) is 5.29. The normalized spacial score (nSPS) is 14.4. The zero-order valence-corrected chi connectivity index (χ0v) is 21.4. The molecule has 9 heteroatoms. The number of nitrogens with zero attached hydrogens (tertiary/aromatic N) is 3. The highest BCUT2D eigenvalue weighted by molar-refractivity contribution is 6.41. The number of aromatic amines is 1. The molecule has 1 aliphatic rings. The molecule has 0 aliphatic carbocycles. The van der Waals surface area contributed by atoms with Crippen LogP contribution in [0.15, 0.2) is 48.5 Å². The topological polar surface area (TPSA) is 65.7 Å². The van der Waals surface area contributed by atoms with Gasteiger partial charge in [-0.25, -0.2) is 0 Å². The number of hydrogen-bond donors (Lipinski definition) is 2. The number of H-pyrrole nitrogens is 1. The number of methoxy groups -OCH3 is 2. The summed E-state index contributed by atoms with van der Waals surface area (Å²) in [6.07, 6.45) is 0. The number of rotatable bonds is 6. The van der Waals surface area contributed by atoms with E-state index in [-0.39, 0.29) is 0 Å². The van der Waals surface area contributed by atoms with Crippen LogP contribution in [0.5, 0.6) is 11.5 Å². The minimum Gasteiger partial charge on any atom is -0.495 e. The van der Waals surface area contributed by atoms with Crippen LogP contribution in [-0.4, -0.2) is 62.5 Å². The standard InChI is InChI=1S/C26H27Cl2N5O2/c1-32-10-12-33(13-11-32)18-7-5-17(6-8-18)29-26-19-9-4-16(14-20(19)30-31-26)23-24(27)21(34-2)15-22(35-3)25(23)28/h4-9,14-15H,10-13H2,1-3H3,(H2,29,30,31). The highest BCUT2D eigenvalue weighted by atomic mass is 35.5. The molecule has 2 heterocycles. The molecule has 0 spiro atoms. The van der Waals surface area contributed by atoms with Crippen LogP contribution in [0.25, 0.3) is 22.0 Å². The molecule has 1 fully saturated rings. The van der Waals surface area contributed by atoms with E-state index >= 15 is 0 Å². The van der Waals surface area contributed by atoms with Crippen LogP contribution in [-0.2, 0) is 0 Å². The Morgan fingerprint density at radius 3 is 2.17 bits per heavy atom. The third-order valence-electron chi connectivity index (χ3n) is 6.42. The molecular formula is C26H27Cl2N5O2. The number of halogens is 2. The van der Waals surface area contributed by atoms with Gasteiger partial charge < -0.3 is 24.6 Å². The molecule has 1 aromatic heterocycles. The van der Waals surface area contributed by atoms with E-state index in [0.29, 0.717) is 27.1 Å². The van der Waals surface area contributed by atoms with Crippen LogP contribution in [0.4, 0.5) is 17.2 Å². The van der Waals surface area contributed by atoms with E-state index in [1.807, 2.05) is 18.2 Å². The summed E-state index contributed by atoms with van der Waals surface area (Å²) in [5.41, 5.74) is 4.55. The lowest BCUT2D eigenvalue weighted by Gasteiger charge is -2.34. The monoisotopic (exact) mass is 511 g/mol. The van der Waals surface area contributed by atoms with Gasteiger partial charge in [-0.05, 0) is 49.0 Å². The number of ether oxygens (including phenoxy) is 2. The first-order valence-corrected chi connectivity index (χ1v) is 12.1. The van der Waals surface area contributed by atoms with Gasteiger partial charge in [-0.2, -0.15) is 5.10 Å². The Morgan fingerprint density at radius 2 is 1.54 bits per heavy atom. The molecule has 1 aliphatic heterocycles. The third kappa shape index (κ3) is 4.59. The van der Waals surface area contributed by atoms with E-state index in [0.717, 1.165) is 54.2 Å². The molecule has 0 radical (unpaired) electrons. The highest BCUT2D eigenvalue weighted by Crippen LogP contribution is 2.46. The molecule has 35 heavy (non-hydrogen) atoms. The SMILES string of the molecule is COc1cc(OC)c(Cl)c(-c2ccc3c(Nc4ccc(N5CCN(C)CC5)cc4)n[nH]c3c2)c1Cl. The van der Waals surface area contributed by atoms with Crippen molar-refractivity contribution in [3.05, 3.63) is 58.6 Å². The molecule has 3 aromatic carbocycles. The molecule has 1 saturated heterocycles. The summed E-state index contributed by atoms with van der Waals surface area (Å²) in [5, 5.41) is 12.8. The van der Waals surface area contributed by atoms with Gasteiger partial charge in [0.25, 0.3) is 0 Å². The van der Waals surface area contributed by atoms with E-state index in [1.54, 1.807) is 20.3 Å². The van der Waals surface area contributed by atoms with Crippen molar-refractivity contribution in [1.29, 1.82) is 0 Å². The summed E-state index contributed by atoms with van der Waals surface area (Å²) >= 11 is 13.2. The van der Waals surface area contributed by atoms with Crippen LogP contribution in [0, 0.1) is 0 Å². The van der Waals surface area contributed by atoms with Crippen LogP contribution in [0.1, 0.15) is 0 Å². The van der Waals surface area contributed by atoms with Crippen molar-refractivity contribution in [1.82, 2.24) is 15.1 Å². The van der Waals surface area contributed by atoms with Crippen LogP contribution < -0.4 is 19.7 Å². The van der Waals surface area contributed by atoms with Gasteiger partial charge in [0, 0.05) is 54.6 Å². The summed E-state index contributed by atoms with van der Waals surface area (Å²) < 4.78 is 10.8. The Bertz CT molecular complexity index is 1320. The largest absolute Gasteiger partial charge is 0.495 e. The van der Waals surface area contributed by atoms with Crippen LogP contribution in [0.2, 0.25) is 10.0 Å². The number of hydrogen-bond acceptors (Lipinski definition) is 6. The Labute approximate surface area is 214 Å². The molecule has 0 unspecified atom stereocenters. The average Bonchev–Trinajstić information content (AvgIpc) is 3.27. The van der Waals surface area contributed by atoms with E-state index in [2.05, 4.69) is 56.6 Å². The maximum absolute atomic E-state index is 6.61. The van der Waals surface area contributed by atoms with Crippen molar-refractivity contribution in [2.75, 3.05) is 57.7 Å². The van der Waals surface area contributed by atoms with Crippen molar-refractivity contribution in [3.63, 3.8) is 0 Å². The second-order valence-electron chi connectivity index (χ2n) is 8.58. The number of nitrogens with one attached hydrogen (secondary N) is 2. The summed E-state index contributed by atoms with van der Waals surface area (Å²) in [5.74, 6) is 1.74. The van der Waals surface area contributed by atoms with E-state index in [9.17, 15) is 0 Å². The van der Waals surface area contributed by atoms with E-state index in [4.69, 9.17) is 32.7 Å². The van der Waals surface area contributed by atoms with Gasteiger partial charge >= 0.3 is 0 Å². The third-order valence-corrected chi connectivity index (χ3v) is 7.17. The summed E-state index contributed by atoms with van der Waals surface area (Å²) in [6, 6.07) is 16.1. The Morgan fingerprint density at radius 1 is 0.886 bits per heavy atom. The van der Waals surface area contributed by atoms with E-state index in [1.165, 1.54) is 5.69 Å². The summed E-state index contributed by atoms with van der Waals surface area (Å²) in [4.78, 5) is 4.77. The first-order valence-electron chi connectivity index (χ1n) is 11.4. The van der Waals surface area contributed by atoms with E-state index < -0.39 is 0 Å². The number of fused-ring (bicyclic) bond motifs is 1. The number of benzene rings is 3. The molecule has 0 atom stereocenters. The van der Waals surface area contributed by atoms with Crippen molar-refractivity contribution in [2.24, 2.45) is 0 Å². The lowest BCUT2D eigenvalue weighted by Crippen LogP contribution is -2.44. The number of likely N-dealkylation sites (N-methyl/N-ethyl adjacent to an activating group) is 1. The Balaban J connectivity index is 1.40. The van der Waals surface area contributed by atoms with Gasteiger partial charge in [0.1, 0.15) is 11.5 Å².